The number of anilines is 1. The molecule has 0 bridgehead atoms. The maximum absolute atomic E-state index is 10.4. The molecular weight excluding hydrogens is 224 g/mol. The van der Waals surface area contributed by atoms with Gasteiger partial charge < -0.3 is 9.69 Å². The molecular formula is C12H15ClN2O. The third-order valence-electron chi connectivity index (χ3n) is 2.90. The number of hydrogen-bond acceptors (Lipinski definition) is 3. The molecule has 4 heteroatoms. The monoisotopic (exact) mass is 238 g/mol. The number of rotatable bonds is 3. The predicted molar refractivity (Wildman–Crippen MR) is 66.2 cm³/mol. The van der Waals surface area contributed by atoms with Crippen molar-refractivity contribution < 1.29 is 4.79 Å². The Morgan fingerprint density at radius 1 is 1.19 bits per heavy atom. The average molecular weight is 239 g/mol. The first-order valence-corrected chi connectivity index (χ1v) is 5.84. The third kappa shape index (κ3) is 2.54. The van der Waals surface area contributed by atoms with Crippen molar-refractivity contribution in [2.45, 2.75) is 0 Å². The van der Waals surface area contributed by atoms with Gasteiger partial charge in [-0.2, -0.15) is 0 Å². The second kappa shape index (κ2) is 5.32. The molecule has 0 atom stereocenters. The van der Waals surface area contributed by atoms with Crippen molar-refractivity contribution in [3.05, 3.63) is 29.3 Å². The summed E-state index contributed by atoms with van der Waals surface area (Å²) < 4.78 is 0. The van der Waals surface area contributed by atoms with E-state index in [1.807, 2.05) is 24.3 Å². The van der Waals surface area contributed by atoms with Crippen LogP contribution >= 0.6 is 11.6 Å². The molecule has 0 radical (unpaired) electrons. The van der Waals surface area contributed by atoms with Crippen LogP contribution in [-0.4, -0.2) is 43.9 Å². The SMILES string of the molecule is O=CCN1CCN(c2ccccc2Cl)CC1. The Kier molecular flexibility index (Phi) is 3.80. The van der Waals surface area contributed by atoms with Crippen LogP contribution in [0.4, 0.5) is 5.69 Å². The fraction of sp³-hybridized carbons (Fsp3) is 0.417. The molecule has 1 aliphatic rings. The fourth-order valence-corrected chi connectivity index (χ4v) is 2.24. The summed E-state index contributed by atoms with van der Waals surface area (Å²) in [6, 6.07) is 7.89. The minimum atomic E-state index is 0.538. The van der Waals surface area contributed by atoms with Gasteiger partial charge in [0.05, 0.1) is 17.3 Å². The van der Waals surface area contributed by atoms with Crippen LogP contribution in [-0.2, 0) is 4.79 Å². The van der Waals surface area contributed by atoms with Gasteiger partial charge in [0.15, 0.2) is 0 Å². The van der Waals surface area contributed by atoms with Crippen LogP contribution in [0.3, 0.4) is 0 Å². The van der Waals surface area contributed by atoms with Crippen LogP contribution in [0.5, 0.6) is 0 Å². The predicted octanol–water partition coefficient (Wildman–Crippen LogP) is 1.66. The summed E-state index contributed by atoms with van der Waals surface area (Å²) in [4.78, 5) is 14.8. The highest BCUT2D eigenvalue weighted by atomic mass is 35.5. The van der Waals surface area contributed by atoms with Crippen molar-refractivity contribution >= 4 is 23.6 Å². The number of hydrogen-bond donors (Lipinski definition) is 0. The molecule has 0 N–H and O–H groups in total. The number of carbonyl (C=O) groups is 1. The van der Waals surface area contributed by atoms with Gasteiger partial charge in [0, 0.05) is 26.2 Å². The van der Waals surface area contributed by atoms with E-state index in [0.29, 0.717) is 6.54 Å². The van der Waals surface area contributed by atoms with E-state index in [1.165, 1.54) is 0 Å². The zero-order chi connectivity index (χ0) is 11.4. The van der Waals surface area contributed by atoms with E-state index in [0.717, 1.165) is 43.2 Å². The van der Waals surface area contributed by atoms with Gasteiger partial charge in [-0.15, -0.1) is 0 Å². The van der Waals surface area contributed by atoms with Crippen LogP contribution < -0.4 is 4.90 Å². The molecule has 1 aromatic carbocycles. The van der Waals surface area contributed by atoms with Crippen molar-refractivity contribution in [2.75, 3.05) is 37.6 Å². The Balaban J connectivity index is 1.99. The third-order valence-corrected chi connectivity index (χ3v) is 3.22. The standard InChI is InChI=1S/C12H15ClN2O/c13-11-3-1-2-4-12(11)15-7-5-14(6-8-15)9-10-16/h1-4,10H,5-9H2. The Labute approximate surface area is 101 Å². The van der Waals surface area contributed by atoms with Gasteiger partial charge in [0.2, 0.25) is 0 Å². The minimum absolute atomic E-state index is 0.538. The zero-order valence-electron chi connectivity index (χ0n) is 9.10. The molecule has 86 valence electrons. The van der Waals surface area contributed by atoms with Crippen molar-refractivity contribution in [3.8, 4) is 0 Å². The number of nitrogens with zero attached hydrogens (tertiary/aromatic N) is 2. The molecule has 0 unspecified atom stereocenters. The molecule has 1 heterocycles. The van der Waals surface area contributed by atoms with Gasteiger partial charge in [-0.3, -0.25) is 4.90 Å². The molecule has 0 spiro atoms. The molecule has 3 nitrogen and oxygen atoms in total. The van der Waals surface area contributed by atoms with E-state index in [1.54, 1.807) is 0 Å². The van der Waals surface area contributed by atoms with E-state index in [-0.39, 0.29) is 0 Å². The minimum Gasteiger partial charge on any atom is -0.368 e. The van der Waals surface area contributed by atoms with E-state index in [2.05, 4.69) is 9.80 Å². The molecule has 0 aliphatic carbocycles. The molecule has 1 aromatic rings. The Bertz CT molecular complexity index is 362. The number of carbonyl (C=O) groups excluding carboxylic acids is 1. The number of para-hydroxylation sites is 1. The highest BCUT2D eigenvalue weighted by molar-refractivity contribution is 6.33. The van der Waals surface area contributed by atoms with Gasteiger partial charge in [0.25, 0.3) is 0 Å². The van der Waals surface area contributed by atoms with E-state index in [9.17, 15) is 4.79 Å². The zero-order valence-corrected chi connectivity index (χ0v) is 9.86. The summed E-state index contributed by atoms with van der Waals surface area (Å²) in [5.41, 5.74) is 1.09. The Hall–Kier alpha value is -1.06. The van der Waals surface area contributed by atoms with Crippen molar-refractivity contribution in [1.29, 1.82) is 0 Å². The lowest BCUT2D eigenvalue weighted by molar-refractivity contribution is -0.108. The number of aldehydes is 1. The fourth-order valence-electron chi connectivity index (χ4n) is 1.98. The molecule has 0 amide bonds. The molecule has 0 aromatic heterocycles. The lowest BCUT2D eigenvalue weighted by atomic mass is 10.2. The second-order valence-corrected chi connectivity index (χ2v) is 4.31. The molecule has 1 saturated heterocycles. The van der Waals surface area contributed by atoms with Crippen LogP contribution in [0.2, 0.25) is 5.02 Å². The first-order chi connectivity index (χ1) is 7.81. The van der Waals surface area contributed by atoms with Gasteiger partial charge in [0.1, 0.15) is 6.29 Å². The highest BCUT2D eigenvalue weighted by Crippen LogP contribution is 2.25. The second-order valence-electron chi connectivity index (χ2n) is 3.91. The van der Waals surface area contributed by atoms with Crippen molar-refractivity contribution in [1.82, 2.24) is 4.90 Å². The lowest BCUT2D eigenvalue weighted by Crippen LogP contribution is -2.47. The van der Waals surface area contributed by atoms with Crippen LogP contribution in [0.15, 0.2) is 24.3 Å². The summed E-state index contributed by atoms with van der Waals surface area (Å²) in [5, 5.41) is 0.798. The van der Waals surface area contributed by atoms with Crippen molar-refractivity contribution in [3.63, 3.8) is 0 Å². The number of piperazine rings is 1. The van der Waals surface area contributed by atoms with Crippen LogP contribution in [0.1, 0.15) is 0 Å². The first-order valence-electron chi connectivity index (χ1n) is 5.47. The smallest absolute Gasteiger partial charge is 0.133 e. The normalized spacial score (nSPS) is 17.4. The van der Waals surface area contributed by atoms with E-state index in [4.69, 9.17) is 11.6 Å². The summed E-state index contributed by atoms with van der Waals surface area (Å²) in [7, 11) is 0. The molecule has 1 aliphatic heterocycles. The maximum Gasteiger partial charge on any atom is 0.133 e. The topological polar surface area (TPSA) is 23.6 Å². The van der Waals surface area contributed by atoms with Crippen LogP contribution in [0.25, 0.3) is 0 Å². The van der Waals surface area contributed by atoms with Gasteiger partial charge in [-0.05, 0) is 12.1 Å². The largest absolute Gasteiger partial charge is 0.368 e. The molecule has 0 saturated carbocycles. The quantitative estimate of drug-likeness (QED) is 0.749. The Morgan fingerprint density at radius 2 is 1.88 bits per heavy atom. The number of benzene rings is 1. The van der Waals surface area contributed by atoms with Gasteiger partial charge in [-0.1, -0.05) is 23.7 Å². The van der Waals surface area contributed by atoms with Gasteiger partial charge in [-0.25, -0.2) is 0 Å². The molecule has 1 fully saturated rings. The summed E-state index contributed by atoms with van der Waals surface area (Å²) in [6.07, 6.45) is 0.963. The summed E-state index contributed by atoms with van der Waals surface area (Å²) in [6.45, 7) is 4.24. The molecule has 16 heavy (non-hydrogen) atoms. The van der Waals surface area contributed by atoms with E-state index < -0.39 is 0 Å². The molecule has 2 rings (SSSR count). The number of halogens is 1. The lowest BCUT2D eigenvalue weighted by Gasteiger charge is -2.35. The Morgan fingerprint density at radius 3 is 2.50 bits per heavy atom. The van der Waals surface area contributed by atoms with Gasteiger partial charge >= 0.3 is 0 Å². The highest BCUT2D eigenvalue weighted by Gasteiger charge is 2.17. The summed E-state index contributed by atoms with van der Waals surface area (Å²) in [5.74, 6) is 0. The van der Waals surface area contributed by atoms with Crippen LogP contribution in [0, 0.1) is 0 Å². The first kappa shape index (κ1) is 11.4. The summed E-state index contributed by atoms with van der Waals surface area (Å²) >= 11 is 6.14. The average Bonchev–Trinajstić information content (AvgIpc) is 2.31. The van der Waals surface area contributed by atoms with Crippen molar-refractivity contribution in [2.24, 2.45) is 0 Å². The van der Waals surface area contributed by atoms with E-state index >= 15 is 0 Å². The maximum atomic E-state index is 10.4.